The quantitative estimate of drug-likeness (QED) is 0.586. The summed E-state index contributed by atoms with van der Waals surface area (Å²) in [5.41, 5.74) is 0.742. The second kappa shape index (κ2) is 6.72. The molecule has 2 rings (SSSR count). The third-order valence-corrected chi connectivity index (χ3v) is 5.25. The third-order valence-electron chi connectivity index (χ3n) is 3.59. The van der Waals surface area contributed by atoms with Gasteiger partial charge >= 0.3 is 0 Å². The summed E-state index contributed by atoms with van der Waals surface area (Å²) in [5, 5.41) is 0. The molecule has 1 heterocycles. The van der Waals surface area contributed by atoms with E-state index >= 15 is 0 Å². The summed E-state index contributed by atoms with van der Waals surface area (Å²) in [5.74, 6) is 0.806. The molecule has 5 heteroatoms. The van der Waals surface area contributed by atoms with Crippen LogP contribution in [-0.2, 0) is 0 Å². The summed E-state index contributed by atoms with van der Waals surface area (Å²) in [6, 6.07) is 5.70. The fourth-order valence-electron chi connectivity index (χ4n) is 2.42. The van der Waals surface area contributed by atoms with Crippen molar-refractivity contribution in [3.05, 3.63) is 32.7 Å². The lowest BCUT2D eigenvalue weighted by molar-refractivity contribution is 0.0691. The van der Waals surface area contributed by atoms with Crippen molar-refractivity contribution in [2.24, 2.45) is 5.92 Å². The first-order valence-corrected chi connectivity index (χ1v) is 8.87. The second-order valence-corrected chi connectivity index (χ2v) is 8.24. The van der Waals surface area contributed by atoms with Crippen molar-refractivity contribution < 1.29 is 4.79 Å². The van der Waals surface area contributed by atoms with Crippen LogP contribution in [0.25, 0.3) is 0 Å². The predicted molar refractivity (Wildman–Crippen MR) is 88.9 cm³/mol. The molecule has 1 unspecified atom stereocenters. The normalized spacial score (nSPS) is 18.4. The lowest BCUT2D eigenvalue weighted by Crippen LogP contribution is -2.39. The maximum atomic E-state index is 12.5. The lowest BCUT2D eigenvalue weighted by atomic mass is 9.94. The van der Waals surface area contributed by atoms with Crippen LogP contribution in [0.3, 0.4) is 0 Å². The van der Waals surface area contributed by atoms with Crippen LogP contribution in [0.15, 0.2) is 27.1 Å². The summed E-state index contributed by atoms with van der Waals surface area (Å²) < 4.78 is 1.85. The van der Waals surface area contributed by atoms with E-state index in [4.69, 9.17) is 0 Å². The van der Waals surface area contributed by atoms with Crippen LogP contribution in [0.4, 0.5) is 0 Å². The van der Waals surface area contributed by atoms with Crippen LogP contribution >= 0.6 is 47.8 Å². The van der Waals surface area contributed by atoms with Crippen LogP contribution in [0.1, 0.15) is 30.1 Å². The minimum absolute atomic E-state index is 0.127. The Kier molecular flexibility index (Phi) is 5.49. The van der Waals surface area contributed by atoms with Crippen LogP contribution < -0.4 is 0 Å². The first-order valence-electron chi connectivity index (χ1n) is 6.37. The number of benzene rings is 1. The Bertz CT molecular complexity index is 448. The molecule has 1 aromatic rings. The Morgan fingerprint density at radius 3 is 2.21 bits per heavy atom. The molecule has 104 valence electrons. The molecule has 0 bridgehead atoms. The van der Waals surface area contributed by atoms with E-state index in [0.717, 1.165) is 40.4 Å². The number of alkyl halides is 1. The molecule has 1 fully saturated rings. The van der Waals surface area contributed by atoms with E-state index in [0.29, 0.717) is 10.7 Å². The minimum Gasteiger partial charge on any atom is -0.339 e. The summed E-state index contributed by atoms with van der Waals surface area (Å²) in [6.45, 7) is 3.89. The highest BCUT2D eigenvalue weighted by Crippen LogP contribution is 2.27. The third kappa shape index (κ3) is 4.05. The van der Waals surface area contributed by atoms with Crippen LogP contribution in [0.5, 0.6) is 0 Å². The maximum Gasteiger partial charge on any atom is 0.253 e. The fourth-order valence-corrected chi connectivity index (χ4v) is 4.24. The fraction of sp³-hybridized carbons (Fsp3) is 0.500. The summed E-state index contributed by atoms with van der Waals surface area (Å²) in [7, 11) is 0. The van der Waals surface area contributed by atoms with Crippen molar-refractivity contribution in [3.63, 3.8) is 0 Å². The zero-order chi connectivity index (χ0) is 14.0. The molecule has 0 N–H and O–H groups in total. The molecule has 1 aliphatic heterocycles. The van der Waals surface area contributed by atoms with Crippen LogP contribution in [0, 0.1) is 5.92 Å². The summed E-state index contributed by atoms with van der Waals surface area (Å²) >= 11 is 10.5. The van der Waals surface area contributed by atoms with Gasteiger partial charge in [-0.25, -0.2) is 0 Å². The van der Waals surface area contributed by atoms with Gasteiger partial charge in [0.05, 0.1) is 0 Å². The molecule has 2 nitrogen and oxygen atoms in total. The Morgan fingerprint density at radius 2 is 1.74 bits per heavy atom. The van der Waals surface area contributed by atoms with Gasteiger partial charge in [-0.3, -0.25) is 4.79 Å². The highest BCUT2D eigenvalue weighted by molar-refractivity contribution is 9.11. The lowest BCUT2D eigenvalue weighted by Gasteiger charge is -2.33. The molecule has 1 saturated heterocycles. The molecular weight excluding hydrogens is 438 g/mol. The summed E-state index contributed by atoms with van der Waals surface area (Å²) in [6.07, 6.45) is 2.15. The number of piperidine rings is 1. The molecule has 0 saturated carbocycles. The van der Waals surface area contributed by atoms with E-state index in [1.807, 2.05) is 23.1 Å². The Morgan fingerprint density at radius 1 is 1.21 bits per heavy atom. The molecule has 1 atom stereocenters. The van der Waals surface area contributed by atoms with Gasteiger partial charge in [0.1, 0.15) is 0 Å². The largest absolute Gasteiger partial charge is 0.339 e. The number of likely N-dealkylation sites (tertiary alicyclic amines) is 1. The first-order chi connectivity index (χ1) is 8.97. The van der Waals surface area contributed by atoms with Crippen molar-refractivity contribution >= 4 is 53.7 Å². The van der Waals surface area contributed by atoms with Crippen LogP contribution in [0.2, 0.25) is 0 Å². The van der Waals surface area contributed by atoms with Gasteiger partial charge in [0.25, 0.3) is 5.91 Å². The molecule has 19 heavy (non-hydrogen) atoms. The number of nitrogens with zero attached hydrogens (tertiary/aromatic N) is 1. The number of hydrogen-bond acceptors (Lipinski definition) is 1. The monoisotopic (exact) mass is 451 g/mol. The zero-order valence-corrected chi connectivity index (χ0v) is 15.5. The number of carbonyl (C=O) groups is 1. The first kappa shape index (κ1) is 15.5. The van der Waals surface area contributed by atoms with Gasteiger partial charge in [-0.05, 0) is 37.0 Å². The van der Waals surface area contributed by atoms with Gasteiger partial charge in [0, 0.05) is 32.4 Å². The van der Waals surface area contributed by atoms with E-state index in [1.165, 1.54) is 0 Å². The topological polar surface area (TPSA) is 20.3 Å². The number of halogens is 3. The van der Waals surface area contributed by atoms with E-state index in [2.05, 4.69) is 54.7 Å². The SMILES string of the molecule is CC(Br)C1CCN(C(=O)c2cc(Br)cc(Br)c2)CC1. The van der Waals surface area contributed by atoms with E-state index in [1.54, 1.807) is 0 Å². The highest BCUT2D eigenvalue weighted by atomic mass is 79.9. The van der Waals surface area contributed by atoms with E-state index in [9.17, 15) is 4.79 Å². The van der Waals surface area contributed by atoms with Gasteiger partial charge in [0.15, 0.2) is 0 Å². The molecule has 1 aromatic carbocycles. The minimum atomic E-state index is 0.127. The van der Waals surface area contributed by atoms with Gasteiger partial charge in [-0.15, -0.1) is 0 Å². The molecular formula is C14H16Br3NO. The number of amides is 1. The van der Waals surface area contributed by atoms with Gasteiger partial charge in [-0.2, -0.15) is 0 Å². The van der Waals surface area contributed by atoms with Gasteiger partial charge in [0.2, 0.25) is 0 Å². The smallest absolute Gasteiger partial charge is 0.253 e. The Hall–Kier alpha value is 0.130. The predicted octanol–water partition coefficient (Wildman–Crippen LogP) is 4.85. The van der Waals surface area contributed by atoms with Crippen molar-refractivity contribution in [1.29, 1.82) is 0 Å². The standard InChI is InChI=1S/C14H16Br3NO/c1-9(15)10-2-4-18(5-3-10)14(19)11-6-12(16)8-13(17)7-11/h6-10H,2-5H2,1H3. The highest BCUT2D eigenvalue weighted by Gasteiger charge is 2.25. The maximum absolute atomic E-state index is 12.5. The summed E-state index contributed by atoms with van der Waals surface area (Å²) in [4.78, 5) is 14.9. The Labute approximate surface area is 139 Å². The van der Waals surface area contributed by atoms with Crippen LogP contribution in [-0.4, -0.2) is 28.7 Å². The molecule has 0 radical (unpaired) electrons. The molecule has 1 amide bonds. The molecule has 1 aliphatic rings. The van der Waals surface area contributed by atoms with Crippen molar-refractivity contribution in [2.45, 2.75) is 24.6 Å². The van der Waals surface area contributed by atoms with Crippen molar-refractivity contribution in [3.8, 4) is 0 Å². The molecule has 0 spiro atoms. The zero-order valence-electron chi connectivity index (χ0n) is 10.7. The Balaban J connectivity index is 2.05. The average Bonchev–Trinajstić information content (AvgIpc) is 2.37. The number of rotatable bonds is 2. The number of carbonyl (C=O) groups excluding carboxylic acids is 1. The van der Waals surface area contributed by atoms with Crippen molar-refractivity contribution in [2.75, 3.05) is 13.1 Å². The van der Waals surface area contributed by atoms with E-state index in [-0.39, 0.29) is 5.91 Å². The molecule has 0 aliphatic carbocycles. The van der Waals surface area contributed by atoms with E-state index < -0.39 is 0 Å². The van der Waals surface area contributed by atoms with Gasteiger partial charge in [-0.1, -0.05) is 54.7 Å². The number of hydrogen-bond donors (Lipinski definition) is 0. The molecule has 0 aromatic heterocycles. The van der Waals surface area contributed by atoms with Crippen molar-refractivity contribution in [1.82, 2.24) is 4.90 Å². The van der Waals surface area contributed by atoms with Gasteiger partial charge < -0.3 is 4.90 Å². The average molecular weight is 454 g/mol. The second-order valence-electron chi connectivity index (χ2n) is 4.97.